The summed E-state index contributed by atoms with van der Waals surface area (Å²) in [6, 6.07) is 4.79. The summed E-state index contributed by atoms with van der Waals surface area (Å²) in [5.74, 6) is -5.00. The molecule has 0 bridgehead atoms. The van der Waals surface area contributed by atoms with Crippen molar-refractivity contribution >= 4 is 5.91 Å². The molecule has 2 aromatic rings. The van der Waals surface area contributed by atoms with Crippen LogP contribution in [0.5, 0.6) is 5.75 Å². The quantitative estimate of drug-likeness (QED) is 0.820. The molecule has 1 saturated heterocycles. The van der Waals surface area contributed by atoms with E-state index in [0.29, 0.717) is 0 Å². The number of carbonyl (C=O) groups is 1. The summed E-state index contributed by atoms with van der Waals surface area (Å²) in [6.45, 7) is 2.08. The van der Waals surface area contributed by atoms with E-state index in [-0.39, 0.29) is 37.9 Å². The van der Waals surface area contributed by atoms with Crippen molar-refractivity contribution in [2.24, 2.45) is 0 Å². The second kappa shape index (κ2) is 7.14. The number of nitrogens with zero attached hydrogens (tertiary/aromatic N) is 3. The average Bonchev–Trinajstić information content (AvgIpc) is 3.16. The first kappa shape index (κ1) is 17.3. The zero-order chi connectivity index (χ0) is 17.9. The highest BCUT2D eigenvalue weighted by molar-refractivity contribution is 5.86. The van der Waals surface area contributed by atoms with Crippen LogP contribution in [0.3, 0.4) is 0 Å². The minimum atomic E-state index is -3.76. The first-order valence-electron chi connectivity index (χ1n) is 7.81. The molecule has 25 heavy (non-hydrogen) atoms. The van der Waals surface area contributed by atoms with Crippen molar-refractivity contribution < 1.29 is 27.6 Å². The number of hydrogen-bond acceptors (Lipinski definition) is 6. The van der Waals surface area contributed by atoms with Crippen molar-refractivity contribution in [3.63, 3.8) is 0 Å². The van der Waals surface area contributed by atoms with Crippen LogP contribution in [0, 0.1) is 0 Å². The molecule has 0 unspecified atom stereocenters. The van der Waals surface area contributed by atoms with Crippen LogP contribution in [-0.4, -0.2) is 47.3 Å². The monoisotopic (exact) mass is 353 g/mol. The molecule has 0 N–H and O–H groups in total. The fourth-order valence-corrected chi connectivity index (χ4v) is 2.69. The Hall–Kier alpha value is -2.55. The van der Waals surface area contributed by atoms with E-state index in [1.807, 2.05) is 0 Å². The van der Waals surface area contributed by atoms with Gasteiger partial charge < -0.3 is 18.9 Å². The van der Waals surface area contributed by atoms with E-state index in [0.717, 1.165) is 11.3 Å². The maximum absolute atomic E-state index is 15.0. The topological polar surface area (TPSA) is 77.7 Å². The Balaban J connectivity index is 1.92. The van der Waals surface area contributed by atoms with Gasteiger partial charge in [-0.1, -0.05) is 17.3 Å². The van der Waals surface area contributed by atoms with Gasteiger partial charge in [-0.05, 0) is 19.1 Å². The van der Waals surface area contributed by atoms with Gasteiger partial charge in [0.25, 0.3) is 5.91 Å². The Morgan fingerprint density at radius 3 is 2.96 bits per heavy atom. The minimum absolute atomic E-state index is 0.00440. The fraction of sp³-hybridized carbons (Fsp3) is 0.438. The second-order valence-corrected chi connectivity index (χ2v) is 5.38. The lowest BCUT2D eigenvalue weighted by molar-refractivity contribution is -0.168. The summed E-state index contributed by atoms with van der Waals surface area (Å²) in [7, 11) is 0. The molecule has 1 atom stereocenters. The molecule has 0 radical (unpaired) electrons. The Morgan fingerprint density at radius 2 is 2.24 bits per heavy atom. The van der Waals surface area contributed by atoms with Gasteiger partial charge in [-0.25, -0.2) is 0 Å². The lowest BCUT2D eigenvalue weighted by atomic mass is 10.0. The second-order valence-electron chi connectivity index (χ2n) is 5.38. The third-order valence-corrected chi connectivity index (χ3v) is 3.86. The van der Waals surface area contributed by atoms with Crippen LogP contribution >= 0.6 is 0 Å². The van der Waals surface area contributed by atoms with Crippen LogP contribution in [0.15, 0.2) is 35.2 Å². The van der Waals surface area contributed by atoms with Crippen molar-refractivity contribution in [2.75, 3.05) is 26.4 Å². The molecule has 1 aliphatic rings. The van der Waals surface area contributed by atoms with Crippen molar-refractivity contribution in [3.8, 4) is 5.75 Å². The number of hydrogen-bond donors (Lipinski definition) is 0. The molecule has 3 rings (SSSR count). The van der Waals surface area contributed by atoms with Gasteiger partial charge in [0, 0.05) is 6.54 Å². The van der Waals surface area contributed by atoms with E-state index in [4.69, 9.17) is 9.47 Å². The lowest BCUT2D eigenvalue weighted by Gasteiger charge is -2.36. The third kappa shape index (κ3) is 3.32. The molecule has 1 fully saturated rings. The number of alkyl halides is 2. The molecule has 1 aliphatic heterocycles. The van der Waals surface area contributed by atoms with Gasteiger partial charge in [0.15, 0.2) is 5.82 Å². The maximum Gasteiger partial charge on any atom is 0.353 e. The van der Waals surface area contributed by atoms with Gasteiger partial charge in [-0.3, -0.25) is 4.79 Å². The average molecular weight is 353 g/mol. The molecule has 9 heteroatoms. The summed E-state index contributed by atoms with van der Waals surface area (Å²) >= 11 is 0. The molecular formula is C16H17F2N3O4. The van der Waals surface area contributed by atoms with E-state index in [2.05, 4.69) is 14.7 Å². The van der Waals surface area contributed by atoms with Gasteiger partial charge in [0.1, 0.15) is 11.8 Å². The molecule has 134 valence electrons. The Kier molecular flexibility index (Phi) is 4.93. The number of carbonyl (C=O) groups excluding carboxylic acids is 1. The number of rotatable bonds is 5. The standard InChI is InChI=1S/C16H17F2N3O4/c1-2-24-13-6-4-3-5-11(13)16(17,18)15(22)21-7-8-23-9-12(21)14-19-10-25-20-14/h3-6,10,12H,2,7-9H2,1H3/t12-/m0/s1. The Morgan fingerprint density at radius 1 is 1.44 bits per heavy atom. The van der Waals surface area contributed by atoms with E-state index >= 15 is 0 Å². The number of halogens is 2. The van der Waals surface area contributed by atoms with Crippen molar-refractivity contribution in [1.29, 1.82) is 0 Å². The molecule has 7 nitrogen and oxygen atoms in total. The number of amides is 1. The minimum Gasteiger partial charge on any atom is -0.493 e. The van der Waals surface area contributed by atoms with E-state index in [1.54, 1.807) is 13.0 Å². The molecule has 2 heterocycles. The smallest absolute Gasteiger partial charge is 0.353 e. The van der Waals surface area contributed by atoms with Crippen LogP contribution in [0.1, 0.15) is 24.4 Å². The number of ether oxygens (including phenoxy) is 2. The van der Waals surface area contributed by atoms with Gasteiger partial charge in [-0.15, -0.1) is 0 Å². The fourth-order valence-electron chi connectivity index (χ4n) is 2.69. The third-order valence-electron chi connectivity index (χ3n) is 3.86. The van der Waals surface area contributed by atoms with Crippen LogP contribution < -0.4 is 4.74 Å². The first-order valence-corrected chi connectivity index (χ1v) is 7.81. The predicted molar refractivity (Wildman–Crippen MR) is 81.1 cm³/mol. The number of benzene rings is 1. The number of aromatic nitrogens is 2. The van der Waals surface area contributed by atoms with Crippen LogP contribution in [0.2, 0.25) is 0 Å². The molecule has 0 aliphatic carbocycles. The van der Waals surface area contributed by atoms with E-state index in [1.165, 1.54) is 18.2 Å². The first-order chi connectivity index (χ1) is 12.1. The van der Waals surface area contributed by atoms with Gasteiger partial charge in [-0.2, -0.15) is 13.8 Å². The summed E-state index contributed by atoms with van der Waals surface area (Å²) < 4.78 is 45.1. The molecular weight excluding hydrogens is 336 g/mol. The highest BCUT2D eigenvalue weighted by Gasteiger charge is 2.49. The zero-order valence-corrected chi connectivity index (χ0v) is 13.5. The molecule has 1 amide bonds. The number of morpholine rings is 1. The molecule has 0 saturated carbocycles. The van der Waals surface area contributed by atoms with Gasteiger partial charge in [0.2, 0.25) is 6.39 Å². The number of para-hydroxylation sites is 1. The van der Waals surface area contributed by atoms with E-state index in [9.17, 15) is 13.6 Å². The zero-order valence-electron chi connectivity index (χ0n) is 13.5. The van der Waals surface area contributed by atoms with Crippen LogP contribution in [0.4, 0.5) is 8.78 Å². The lowest BCUT2D eigenvalue weighted by Crippen LogP contribution is -2.49. The van der Waals surface area contributed by atoms with Gasteiger partial charge in [0.05, 0.1) is 25.4 Å². The maximum atomic E-state index is 15.0. The van der Waals surface area contributed by atoms with E-state index < -0.39 is 23.4 Å². The van der Waals surface area contributed by atoms with Crippen molar-refractivity contribution in [3.05, 3.63) is 42.0 Å². The molecule has 0 spiro atoms. The summed E-state index contributed by atoms with van der Waals surface area (Å²) in [6.07, 6.45) is 1.08. The highest BCUT2D eigenvalue weighted by Crippen LogP contribution is 2.38. The molecule has 1 aromatic carbocycles. The highest BCUT2D eigenvalue weighted by atomic mass is 19.3. The summed E-state index contributed by atoms with van der Waals surface area (Å²) in [4.78, 5) is 17.5. The normalized spacial score (nSPS) is 18.2. The SMILES string of the molecule is CCOc1ccccc1C(F)(F)C(=O)N1CCOC[C@H]1c1ncon1. The van der Waals surface area contributed by atoms with Crippen LogP contribution in [0.25, 0.3) is 0 Å². The Bertz CT molecular complexity index is 724. The van der Waals surface area contributed by atoms with Crippen molar-refractivity contribution in [2.45, 2.75) is 18.9 Å². The van der Waals surface area contributed by atoms with Crippen molar-refractivity contribution in [1.82, 2.24) is 15.0 Å². The Labute approximate surface area is 142 Å². The summed E-state index contributed by atoms with van der Waals surface area (Å²) in [5, 5.41) is 3.64. The van der Waals surface area contributed by atoms with Crippen LogP contribution in [-0.2, 0) is 15.5 Å². The largest absolute Gasteiger partial charge is 0.493 e. The predicted octanol–water partition coefficient (Wildman–Crippen LogP) is 2.16. The molecule has 1 aromatic heterocycles. The van der Waals surface area contributed by atoms with Gasteiger partial charge >= 0.3 is 5.92 Å². The summed E-state index contributed by atoms with van der Waals surface area (Å²) in [5.41, 5.74) is -0.472.